The minimum Gasteiger partial charge on any atom is -0.351 e. The van der Waals surface area contributed by atoms with Crippen molar-refractivity contribution in [3.8, 4) is 11.1 Å². The molecule has 128 valence electrons. The molecule has 0 unspecified atom stereocenters. The molecule has 0 aliphatic carbocycles. The third kappa shape index (κ3) is 2.88. The summed E-state index contributed by atoms with van der Waals surface area (Å²) in [7, 11) is 0. The largest absolute Gasteiger partial charge is 0.351 e. The molecule has 0 spiro atoms. The number of aromatic amines is 1. The van der Waals surface area contributed by atoms with Crippen molar-refractivity contribution in [1.82, 2.24) is 29.5 Å². The number of alkyl halides is 1. The van der Waals surface area contributed by atoms with E-state index < -0.39 is 11.5 Å². The first-order chi connectivity index (χ1) is 11.9. The van der Waals surface area contributed by atoms with E-state index in [4.69, 9.17) is 0 Å². The molecule has 4 rings (SSSR count). The molecule has 0 saturated heterocycles. The molecule has 0 atom stereocenters. The molecule has 9 heteroatoms. The van der Waals surface area contributed by atoms with E-state index in [2.05, 4.69) is 30.4 Å². The Labute approximate surface area is 141 Å². The Hall–Kier alpha value is -3.10. The van der Waals surface area contributed by atoms with E-state index in [1.165, 1.54) is 30.8 Å². The van der Waals surface area contributed by atoms with Crippen LogP contribution >= 0.6 is 0 Å². The predicted molar refractivity (Wildman–Crippen MR) is 89.5 cm³/mol. The van der Waals surface area contributed by atoms with Crippen LogP contribution < -0.4 is 5.32 Å². The lowest BCUT2D eigenvalue weighted by atomic mass is 10.1. The summed E-state index contributed by atoms with van der Waals surface area (Å²) in [6, 6.07) is 1.39. The van der Waals surface area contributed by atoms with Crippen LogP contribution in [0.3, 0.4) is 0 Å². The van der Waals surface area contributed by atoms with Crippen LogP contribution in [-0.4, -0.2) is 41.8 Å². The van der Waals surface area contributed by atoms with Gasteiger partial charge in [0.15, 0.2) is 11.5 Å². The van der Waals surface area contributed by atoms with Crippen LogP contribution in [0, 0.1) is 5.82 Å². The number of hydrogen-bond acceptors (Lipinski definition) is 5. The Morgan fingerprint density at radius 1 is 1.32 bits per heavy atom. The summed E-state index contributed by atoms with van der Waals surface area (Å²) >= 11 is 0. The normalized spacial score (nSPS) is 12.2. The van der Waals surface area contributed by atoms with Gasteiger partial charge in [-0.05, 0) is 19.9 Å². The minimum absolute atomic E-state index is 0.0975. The van der Waals surface area contributed by atoms with E-state index in [9.17, 15) is 8.78 Å². The second kappa shape index (κ2) is 5.47. The van der Waals surface area contributed by atoms with Crippen molar-refractivity contribution in [2.45, 2.75) is 19.5 Å². The minimum atomic E-state index is -1.37. The lowest BCUT2D eigenvalue weighted by molar-refractivity contribution is 0.234. The zero-order chi connectivity index (χ0) is 17.6. The number of nitrogens with zero attached hydrogens (tertiary/aromatic N) is 5. The first-order valence-electron chi connectivity index (χ1n) is 7.67. The van der Waals surface area contributed by atoms with E-state index in [-0.39, 0.29) is 12.2 Å². The molecule has 4 aromatic heterocycles. The molecule has 7 nitrogen and oxygen atoms in total. The highest BCUT2D eigenvalue weighted by Crippen LogP contribution is 2.28. The summed E-state index contributed by atoms with van der Waals surface area (Å²) < 4.78 is 29.1. The van der Waals surface area contributed by atoms with Crippen molar-refractivity contribution in [3.05, 3.63) is 36.8 Å². The van der Waals surface area contributed by atoms with Crippen LogP contribution in [0.2, 0.25) is 0 Å². The van der Waals surface area contributed by atoms with Gasteiger partial charge in [0.25, 0.3) is 0 Å². The van der Waals surface area contributed by atoms with E-state index >= 15 is 0 Å². The molecule has 0 amide bonds. The van der Waals surface area contributed by atoms with Crippen LogP contribution in [0.15, 0.2) is 31.0 Å². The number of H-pyrrole nitrogens is 1. The van der Waals surface area contributed by atoms with Gasteiger partial charge in [0.2, 0.25) is 5.95 Å². The molecule has 0 aliphatic heterocycles. The van der Waals surface area contributed by atoms with Gasteiger partial charge in [-0.15, -0.1) is 0 Å². The fourth-order valence-electron chi connectivity index (χ4n) is 2.55. The SMILES string of the molecule is CC(C)(F)CNc1ncc2c(-c3cc(F)c4ncnn4c3)c[nH]c2n1. The highest BCUT2D eigenvalue weighted by atomic mass is 19.1. The third-order valence-corrected chi connectivity index (χ3v) is 3.74. The molecule has 4 aromatic rings. The predicted octanol–water partition coefficient (Wildman–Crippen LogP) is 2.97. The average Bonchev–Trinajstić information content (AvgIpc) is 3.18. The first-order valence-corrected chi connectivity index (χ1v) is 7.67. The number of halogens is 2. The quantitative estimate of drug-likeness (QED) is 0.595. The molecular formula is C16H15F2N7. The number of pyridine rings is 1. The maximum atomic E-state index is 14.1. The van der Waals surface area contributed by atoms with Gasteiger partial charge in [0, 0.05) is 35.1 Å². The van der Waals surface area contributed by atoms with Crippen LogP contribution in [0.1, 0.15) is 13.8 Å². The van der Waals surface area contributed by atoms with Crippen molar-refractivity contribution in [2.75, 3.05) is 11.9 Å². The molecule has 0 bridgehead atoms. The van der Waals surface area contributed by atoms with Crippen molar-refractivity contribution in [3.63, 3.8) is 0 Å². The fraction of sp³-hybridized carbons (Fsp3) is 0.250. The molecule has 0 radical (unpaired) electrons. The lowest BCUT2D eigenvalue weighted by Gasteiger charge is -2.14. The van der Waals surface area contributed by atoms with Crippen LogP contribution in [0.4, 0.5) is 14.7 Å². The van der Waals surface area contributed by atoms with Crippen molar-refractivity contribution in [1.29, 1.82) is 0 Å². The second-order valence-electron chi connectivity index (χ2n) is 6.34. The Balaban J connectivity index is 1.73. The maximum Gasteiger partial charge on any atom is 0.224 e. The van der Waals surface area contributed by atoms with Gasteiger partial charge in [0.1, 0.15) is 17.6 Å². The monoisotopic (exact) mass is 343 g/mol. The topological polar surface area (TPSA) is 83.8 Å². The fourth-order valence-corrected chi connectivity index (χ4v) is 2.55. The number of rotatable bonds is 4. The molecule has 4 heterocycles. The van der Waals surface area contributed by atoms with E-state index in [1.54, 1.807) is 18.6 Å². The van der Waals surface area contributed by atoms with E-state index in [0.29, 0.717) is 17.2 Å². The van der Waals surface area contributed by atoms with Gasteiger partial charge in [-0.3, -0.25) is 0 Å². The van der Waals surface area contributed by atoms with Crippen LogP contribution in [-0.2, 0) is 0 Å². The molecule has 0 aliphatic rings. The number of nitrogens with one attached hydrogen (secondary N) is 2. The molecule has 0 saturated carbocycles. The first kappa shape index (κ1) is 15.4. The summed E-state index contributed by atoms with van der Waals surface area (Å²) in [6.45, 7) is 3.04. The van der Waals surface area contributed by atoms with Crippen molar-refractivity contribution in [2.24, 2.45) is 0 Å². The highest BCUT2D eigenvalue weighted by Gasteiger charge is 2.16. The van der Waals surface area contributed by atoms with Crippen LogP contribution in [0.25, 0.3) is 27.8 Å². The Kier molecular flexibility index (Phi) is 3.38. The van der Waals surface area contributed by atoms with Gasteiger partial charge in [-0.2, -0.15) is 10.1 Å². The van der Waals surface area contributed by atoms with Crippen molar-refractivity contribution >= 4 is 22.6 Å². The number of aromatic nitrogens is 6. The molecule has 0 aromatic carbocycles. The zero-order valence-electron chi connectivity index (χ0n) is 13.6. The van der Waals surface area contributed by atoms with E-state index in [1.807, 2.05) is 0 Å². The van der Waals surface area contributed by atoms with Gasteiger partial charge in [-0.25, -0.2) is 23.3 Å². The molecule has 2 N–H and O–H groups in total. The second-order valence-corrected chi connectivity index (χ2v) is 6.34. The smallest absolute Gasteiger partial charge is 0.224 e. The number of fused-ring (bicyclic) bond motifs is 2. The standard InChI is InChI=1S/C16H15F2N7/c1-16(2,18)7-21-15-20-5-11-10(4-19-13(11)24-15)9-3-12(17)14-22-8-23-25(14)6-9/h3-6,8H,7H2,1-2H3,(H2,19,20,21,24). The molecule has 0 fully saturated rings. The number of hydrogen-bond donors (Lipinski definition) is 2. The third-order valence-electron chi connectivity index (χ3n) is 3.74. The van der Waals surface area contributed by atoms with E-state index in [0.717, 1.165) is 10.9 Å². The summed E-state index contributed by atoms with van der Waals surface area (Å²) in [5, 5.41) is 7.55. The lowest BCUT2D eigenvalue weighted by Crippen LogP contribution is -2.25. The summed E-state index contributed by atoms with van der Waals surface area (Å²) in [6.07, 6.45) is 6.32. The Morgan fingerprint density at radius 3 is 2.96 bits per heavy atom. The summed E-state index contributed by atoms with van der Waals surface area (Å²) in [5.41, 5.74) is 0.729. The molecular weight excluding hydrogens is 328 g/mol. The average molecular weight is 343 g/mol. The molecule has 25 heavy (non-hydrogen) atoms. The Bertz CT molecular complexity index is 1060. The Morgan fingerprint density at radius 2 is 2.16 bits per heavy atom. The number of anilines is 1. The van der Waals surface area contributed by atoms with Gasteiger partial charge in [0.05, 0.1) is 6.54 Å². The summed E-state index contributed by atoms with van der Waals surface area (Å²) in [4.78, 5) is 15.4. The zero-order valence-corrected chi connectivity index (χ0v) is 13.6. The van der Waals surface area contributed by atoms with Gasteiger partial charge >= 0.3 is 0 Å². The van der Waals surface area contributed by atoms with Gasteiger partial charge in [-0.1, -0.05) is 0 Å². The van der Waals surface area contributed by atoms with Gasteiger partial charge < -0.3 is 10.3 Å². The summed E-state index contributed by atoms with van der Waals surface area (Å²) in [5.74, 6) is -0.140. The highest BCUT2D eigenvalue weighted by molar-refractivity contribution is 5.93. The maximum absolute atomic E-state index is 14.1. The van der Waals surface area contributed by atoms with Crippen molar-refractivity contribution < 1.29 is 8.78 Å². The van der Waals surface area contributed by atoms with Crippen LogP contribution in [0.5, 0.6) is 0 Å².